The number of rotatable bonds is 2. The van der Waals surface area contributed by atoms with Crippen molar-refractivity contribution in [3.63, 3.8) is 0 Å². The van der Waals surface area contributed by atoms with E-state index in [-0.39, 0.29) is 0 Å². The number of halogens is 1. The van der Waals surface area contributed by atoms with E-state index in [1.54, 1.807) is 6.08 Å². The Bertz CT molecular complexity index is 573. The Labute approximate surface area is 101 Å². The Kier molecular flexibility index (Phi) is 3.06. The first-order valence-electron chi connectivity index (χ1n) is 4.77. The van der Waals surface area contributed by atoms with Crippen molar-refractivity contribution in [2.24, 2.45) is 0 Å². The summed E-state index contributed by atoms with van der Waals surface area (Å²) in [5.41, 5.74) is 0.904. The third-order valence-corrected chi connectivity index (χ3v) is 3.00. The molecule has 0 radical (unpaired) electrons. The maximum absolute atomic E-state index is 10.5. The lowest BCUT2D eigenvalue weighted by atomic mass is 10.0. The van der Waals surface area contributed by atoms with E-state index in [0.717, 1.165) is 26.9 Å². The van der Waals surface area contributed by atoms with E-state index in [0.29, 0.717) is 0 Å². The first kappa shape index (κ1) is 10.9. The molecule has 0 saturated carbocycles. The minimum Gasteiger partial charge on any atom is -0.478 e. The largest absolute Gasteiger partial charge is 0.478 e. The summed E-state index contributed by atoms with van der Waals surface area (Å²) in [6.45, 7) is 0. The molecule has 80 valence electrons. The molecule has 0 spiro atoms. The highest BCUT2D eigenvalue weighted by Crippen LogP contribution is 2.27. The second-order valence-electron chi connectivity index (χ2n) is 3.35. The van der Waals surface area contributed by atoms with Crippen LogP contribution >= 0.6 is 15.9 Å². The van der Waals surface area contributed by atoms with E-state index >= 15 is 0 Å². The molecular weight excluding hydrogens is 268 g/mol. The van der Waals surface area contributed by atoms with Gasteiger partial charge in [0.1, 0.15) is 0 Å². The molecule has 0 atom stereocenters. The molecule has 16 heavy (non-hydrogen) atoms. The third-order valence-electron chi connectivity index (χ3n) is 2.31. The fourth-order valence-corrected chi connectivity index (χ4v) is 2.07. The number of fused-ring (bicyclic) bond motifs is 1. The van der Waals surface area contributed by atoms with Crippen molar-refractivity contribution in [1.29, 1.82) is 0 Å². The van der Waals surface area contributed by atoms with Gasteiger partial charge in [-0.1, -0.05) is 46.3 Å². The van der Waals surface area contributed by atoms with Crippen LogP contribution in [-0.4, -0.2) is 11.1 Å². The van der Waals surface area contributed by atoms with E-state index in [2.05, 4.69) is 15.9 Å². The van der Waals surface area contributed by atoms with Gasteiger partial charge in [0.25, 0.3) is 0 Å². The molecule has 2 aromatic carbocycles. The normalized spacial score (nSPS) is 11.1. The topological polar surface area (TPSA) is 37.3 Å². The lowest BCUT2D eigenvalue weighted by Crippen LogP contribution is -1.86. The number of carbonyl (C=O) groups is 1. The predicted octanol–water partition coefficient (Wildman–Crippen LogP) is 3.70. The summed E-state index contributed by atoms with van der Waals surface area (Å²) in [6.07, 6.45) is 2.76. The van der Waals surface area contributed by atoms with E-state index < -0.39 is 5.97 Å². The van der Waals surface area contributed by atoms with Crippen LogP contribution < -0.4 is 0 Å². The van der Waals surface area contributed by atoms with Gasteiger partial charge in [-0.25, -0.2) is 4.79 Å². The monoisotopic (exact) mass is 276 g/mol. The molecule has 0 bridgehead atoms. The average Bonchev–Trinajstić information content (AvgIpc) is 2.28. The number of carboxylic acid groups (broad SMARTS) is 1. The third kappa shape index (κ3) is 2.14. The molecule has 2 nitrogen and oxygen atoms in total. The summed E-state index contributed by atoms with van der Waals surface area (Å²) in [5.74, 6) is -0.938. The van der Waals surface area contributed by atoms with Crippen LogP contribution in [0.3, 0.4) is 0 Å². The van der Waals surface area contributed by atoms with Crippen molar-refractivity contribution in [3.05, 3.63) is 52.5 Å². The van der Waals surface area contributed by atoms with E-state index in [1.807, 2.05) is 36.4 Å². The van der Waals surface area contributed by atoms with Crippen LogP contribution in [0.1, 0.15) is 5.56 Å². The van der Waals surface area contributed by atoms with Crippen LogP contribution in [0.4, 0.5) is 0 Å². The van der Waals surface area contributed by atoms with Gasteiger partial charge in [0, 0.05) is 10.5 Å². The quantitative estimate of drug-likeness (QED) is 0.850. The maximum Gasteiger partial charge on any atom is 0.328 e. The van der Waals surface area contributed by atoms with Crippen LogP contribution in [-0.2, 0) is 4.79 Å². The highest BCUT2D eigenvalue weighted by Gasteiger charge is 2.01. The van der Waals surface area contributed by atoms with Gasteiger partial charge in [0.2, 0.25) is 0 Å². The number of aliphatic carboxylic acids is 1. The van der Waals surface area contributed by atoms with Gasteiger partial charge in [-0.2, -0.15) is 0 Å². The van der Waals surface area contributed by atoms with Crippen molar-refractivity contribution < 1.29 is 9.90 Å². The number of carboxylic acids is 1. The van der Waals surface area contributed by atoms with Crippen molar-refractivity contribution in [2.75, 3.05) is 0 Å². The van der Waals surface area contributed by atoms with Gasteiger partial charge in [0.15, 0.2) is 0 Å². The smallest absolute Gasteiger partial charge is 0.328 e. The summed E-state index contributed by atoms with van der Waals surface area (Å²) < 4.78 is 1.01. The predicted molar refractivity (Wildman–Crippen MR) is 68.3 cm³/mol. The Hall–Kier alpha value is -1.61. The molecule has 0 saturated heterocycles. The number of hydrogen-bond acceptors (Lipinski definition) is 1. The zero-order valence-corrected chi connectivity index (χ0v) is 9.94. The zero-order valence-electron chi connectivity index (χ0n) is 8.35. The minimum absolute atomic E-state index is 0.904. The first-order chi connectivity index (χ1) is 7.68. The van der Waals surface area contributed by atoms with Crippen molar-refractivity contribution in [1.82, 2.24) is 0 Å². The Morgan fingerprint density at radius 3 is 2.50 bits per heavy atom. The molecule has 0 heterocycles. The average molecular weight is 277 g/mol. The number of benzene rings is 2. The highest BCUT2D eigenvalue weighted by molar-refractivity contribution is 9.10. The number of hydrogen-bond donors (Lipinski definition) is 1. The van der Waals surface area contributed by atoms with Crippen LogP contribution in [0.25, 0.3) is 16.8 Å². The molecule has 0 aliphatic heterocycles. The minimum atomic E-state index is -0.938. The van der Waals surface area contributed by atoms with Crippen LogP contribution in [0.2, 0.25) is 0 Å². The molecule has 0 aromatic heterocycles. The summed E-state index contributed by atoms with van der Waals surface area (Å²) in [7, 11) is 0. The summed E-state index contributed by atoms with van der Waals surface area (Å²) in [6, 6.07) is 11.7. The Balaban J connectivity index is 2.63. The van der Waals surface area contributed by atoms with Crippen molar-refractivity contribution in [2.45, 2.75) is 0 Å². The van der Waals surface area contributed by atoms with Crippen LogP contribution in [0.5, 0.6) is 0 Å². The summed E-state index contributed by atoms with van der Waals surface area (Å²) in [5, 5.41) is 10.7. The van der Waals surface area contributed by atoms with Gasteiger partial charge in [-0.15, -0.1) is 0 Å². The van der Waals surface area contributed by atoms with Gasteiger partial charge in [0.05, 0.1) is 0 Å². The van der Waals surface area contributed by atoms with Gasteiger partial charge >= 0.3 is 5.97 Å². The van der Waals surface area contributed by atoms with E-state index in [9.17, 15) is 4.79 Å². The van der Waals surface area contributed by atoms with Gasteiger partial charge < -0.3 is 5.11 Å². The molecule has 0 amide bonds. The SMILES string of the molecule is O=C(O)/C=C/c1ccc(Br)c2ccccc12. The van der Waals surface area contributed by atoms with Crippen LogP contribution in [0, 0.1) is 0 Å². The molecule has 0 aliphatic carbocycles. The standard InChI is InChI=1S/C13H9BrO2/c14-12-7-5-9(6-8-13(15)16)10-3-1-2-4-11(10)12/h1-8H,(H,15,16)/b8-6+. The molecule has 3 heteroatoms. The fraction of sp³-hybridized carbons (Fsp3) is 0. The zero-order chi connectivity index (χ0) is 11.5. The molecule has 0 unspecified atom stereocenters. The van der Waals surface area contributed by atoms with Gasteiger partial charge in [-0.3, -0.25) is 0 Å². The molecule has 1 N–H and O–H groups in total. The molecule has 0 aliphatic rings. The Morgan fingerprint density at radius 1 is 1.12 bits per heavy atom. The Morgan fingerprint density at radius 2 is 1.81 bits per heavy atom. The van der Waals surface area contributed by atoms with Crippen LogP contribution in [0.15, 0.2) is 46.9 Å². The summed E-state index contributed by atoms with van der Waals surface area (Å²) in [4.78, 5) is 10.5. The van der Waals surface area contributed by atoms with Crippen molar-refractivity contribution in [3.8, 4) is 0 Å². The van der Waals surface area contributed by atoms with Crippen molar-refractivity contribution >= 4 is 38.7 Å². The van der Waals surface area contributed by atoms with E-state index in [4.69, 9.17) is 5.11 Å². The molecule has 2 rings (SSSR count). The van der Waals surface area contributed by atoms with E-state index in [1.165, 1.54) is 0 Å². The fourth-order valence-electron chi connectivity index (χ4n) is 1.59. The maximum atomic E-state index is 10.5. The second kappa shape index (κ2) is 4.49. The molecular formula is C13H9BrO2. The molecule has 2 aromatic rings. The highest BCUT2D eigenvalue weighted by atomic mass is 79.9. The molecule has 0 fully saturated rings. The lowest BCUT2D eigenvalue weighted by molar-refractivity contribution is -0.131. The van der Waals surface area contributed by atoms with Gasteiger partial charge in [-0.05, 0) is 28.5 Å². The summed E-state index contributed by atoms with van der Waals surface area (Å²) >= 11 is 3.47. The lowest BCUT2D eigenvalue weighted by Gasteiger charge is -2.03. The first-order valence-corrected chi connectivity index (χ1v) is 5.56. The second-order valence-corrected chi connectivity index (χ2v) is 4.21.